The van der Waals surface area contributed by atoms with E-state index in [1.807, 2.05) is 30.0 Å². The van der Waals surface area contributed by atoms with Crippen molar-refractivity contribution in [2.45, 2.75) is 25.8 Å². The van der Waals surface area contributed by atoms with Gasteiger partial charge >= 0.3 is 0 Å². The molecule has 2 aliphatic heterocycles. The largest absolute Gasteiger partial charge is 0.486 e. The Hall–Kier alpha value is -1.75. The first-order valence-corrected chi connectivity index (χ1v) is 7.56. The van der Waals surface area contributed by atoms with E-state index in [2.05, 4.69) is 0 Å². The lowest BCUT2D eigenvalue weighted by molar-refractivity contribution is -0.136. The van der Waals surface area contributed by atoms with Gasteiger partial charge in [0.2, 0.25) is 5.91 Å². The van der Waals surface area contributed by atoms with Crippen molar-refractivity contribution in [1.82, 2.24) is 4.90 Å². The fraction of sp³-hybridized carbons (Fsp3) is 0.562. The third-order valence-electron chi connectivity index (χ3n) is 3.95. The number of fused-ring (bicyclic) bond motifs is 1. The second-order valence-electron chi connectivity index (χ2n) is 5.29. The quantitative estimate of drug-likeness (QED) is 0.853. The molecule has 0 aromatic heterocycles. The summed E-state index contributed by atoms with van der Waals surface area (Å²) in [6.45, 7) is 4.59. The zero-order valence-electron chi connectivity index (χ0n) is 12.3. The van der Waals surface area contributed by atoms with Gasteiger partial charge in [-0.2, -0.15) is 0 Å². The molecule has 0 spiro atoms. The van der Waals surface area contributed by atoms with Gasteiger partial charge in [0.25, 0.3) is 0 Å². The maximum absolute atomic E-state index is 12.2. The van der Waals surface area contributed by atoms with Gasteiger partial charge in [0.05, 0.1) is 6.04 Å². The molecule has 0 radical (unpaired) electrons. The van der Waals surface area contributed by atoms with Gasteiger partial charge in [0.15, 0.2) is 11.5 Å². The van der Waals surface area contributed by atoms with Crippen molar-refractivity contribution >= 4 is 5.91 Å². The van der Waals surface area contributed by atoms with Crippen LogP contribution in [0.5, 0.6) is 11.5 Å². The van der Waals surface area contributed by atoms with Crippen LogP contribution in [-0.2, 0) is 9.53 Å². The highest BCUT2D eigenvalue weighted by Gasteiger charge is 2.30. The van der Waals surface area contributed by atoms with Crippen molar-refractivity contribution in [2.24, 2.45) is 0 Å². The molecule has 2 heterocycles. The summed E-state index contributed by atoms with van der Waals surface area (Å²) in [4.78, 5) is 14.1. The number of carbonyl (C=O) groups is 1. The van der Waals surface area contributed by atoms with Crippen LogP contribution in [0.3, 0.4) is 0 Å². The standard InChI is InChI=1S/C16H21NO4/c1-2-19-11-16(18)17-7-3-4-13(17)12-5-6-14-15(10-12)21-9-8-20-14/h5-6,10,13H,2-4,7-9,11H2,1H3. The molecular formula is C16H21NO4. The van der Waals surface area contributed by atoms with Crippen molar-refractivity contribution in [2.75, 3.05) is 33.0 Å². The summed E-state index contributed by atoms with van der Waals surface area (Å²) in [5.74, 6) is 1.63. The fourth-order valence-electron chi connectivity index (χ4n) is 2.95. The minimum atomic E-state index is 0.0641. The number of carbonyl (C=O) groups excluding carboxylic acids is 1. The lowest BCUT2D eigenvalue weighted by Crippen LogP contribution is -2.33. The van der Waals surface area contributed by atoms with Crippen LogP contribution in [0.1, 0.15) is 31.4 Å². The smallest absolute Gasteiger partial charge is 0.249 e. The van der Waals surface area contributed by atoms with Gasteiger partial charge in [-0.05, 0) is 37.5 Å². The topological polar surface area (TPSA) is 48.0 Å². The predicted molar refractivity (Wildman–Crippen MR) is 77.6 cm³/mol. The van der Waals surface area contributed by atoms with Gasteiger partial charge in [-0.1, -0.05) is 6.07 Å². The first-order chi connectivity index (χ1) is 10.3. The van der Waals surface area contributed by atoms with E-state index in [1.165, 1.54) is 0 Å². The summed E-state index contributed by atoms with van der Waals surface area (Å²) < 4.78 is 16.4. The molecule has 1 fully saturated rings. The molecule has 1 unspecified atom stereocenters. The van der Waals surface area contributed by atoms with E-state index in [9.17, 15) is 4.79 Å². The Morgan fingerprint density at radius 1 is 1.33 bits per heavy atom. The molecule has 0 saturated carbocycles. The van der Waals surface area contributed by atoms with Crippen LogP contribution in [0, 0.1) is 0 Å². The number of amides is 1. The van der Waals surface area contributed by atoms with E-state index in [0.29, 0.717) is 19.8 Å². The van der Waals surface area contributed by atoms with Crippen molar-refractivity contribution < 1.29 is 19.0 Å². The number of rotatable bonds is 4. The number of hydrogen-bond acceptors (Lipinski definition) is 4. The molecule has 0 aliphatic carbocycles. The lowest BCUT2D eigenvalue weighted by atomic mass is 10.0. The Balaban J connectivity index is 1.77. The molecule has 5 heteroatoms. The fourth-order valence-corrected chi connectivity index (χ4v) is 2.95. The zero-order valence-corrected chi connectivity index (χ0v) is 12.3. The highest BCUT2D eigenvalue weighted by molar-refractivity contribution is 5.78. The Kier molecular flexibility index (Phi) is 4.29. The van der Waals surface area contributed by atoms with Crippen molar-refractivity contribution in [3.05, 3.63) is 23.8 Å². The SMILES string of the molecule is CCOCC(=O)N1CCCC1c1ccc2c(c1)OCCO2. The van der Waals surface area contributed by atoms with E-state index in [0.717, 1.165) is 36.4 Å². The Bertz CT molecular complexity index is 517. The van der Waals surface area contributed by atoms with Crippen LogP contribution in [0.2, 0.25) is 0 Å². The molecule has 1 amide bonds. The van der Waals surface area contributed by atoms with E-state index >= 15 is 0 Å². The first kappa shape index (κ1) is 14.2. The average molecular weight is 291 g/mol. The van der Waals surface area contributed by atoms with Crippen LogP contribution >= 0.6 is 0 Å². The van der Waals surface area contributed by atoms with Crippen LogP contribution in [-0.4, -0.2) is 43.8 Å². The third-order valence-corrected chi connectivity index (χ3v) is 3.95. The van der Waals surface area contributed by atoms with Crippen LogP contribution in [0.15, 0.2) is 18.2 Å². The van der Waals surface area contributed by atoms with Crippen LogP contribution in [0.25, 0.3) is 0 Å². The number of benzene rings is 1. The minimum absolute atomic E-state index is 0.0641. The average Bonchev–Trinajstić information content (AvgIpc) is 3.01. The maximum Gasteiger partial charge on any atom is 0.249 e. The third kappa shape index (κ3) is 2.97. The second-order valence-corrected chi connectivity index (χ2v) is 5.29. The Morgan fingerprint density at radius 2 is 2.14 bits per heavy atom. The van der Waals surface area contributed by atoms with Crippen molar-refractivity contribution in [3.63, 3.8) is 0 Å². The molecule has 1 aromatic carbocycles. The van der Waals surface area contributed by atoms with Crippen LogP contribution < -0.4 is 9.47 Å². The van der Waals surface area contributed by atoms with Gasteiger partial charge in [0, 0.05) is 13.2 Å². The Labute approximate surface area is 124 Å². The van der Waals surface area contributed by atoms with Gasteiger partial charge in [0.1, 0.15) is 19.8 Å². The van der Waals surface area contributed by atoms with E-state index in [-0.39, 0.29) is 18.6 Å². The Morgan fingerprint density at radius 3 is 2.95 bits per heavy atom. The molecule has 1 aromatic rings. The summed E-state index contributed by atoms with van der Waals surface area (Å²) in [7, 11) is 0. The molecule has 5 nitrogen and oxygen atoms in total. The highest BCUT2D eigenvalue weighted by atomic mass is 16.6. The van der Waals surface area contributed by atoms with Gasteiger partial charge in [-0.15, -0.1) is 0 Å². The summed E-state index contributed by atoms with van der Waals surface area (Å²) >= 11 is 0. The summed E-state index contributed by atoms with van der Waals surface area (Å²) in [5, 5.41) is 0. The maximum atomic E-state index is 12.2. The normalized spacial score (nSPS) is 20.6. The molecular weight excluding hydrogens is 270 g/mol. The first-order valence-electron chi connectivity index (χ1n) is 7.56. The molecule has 0 bridgehead atoms. The minimum Gasteiger partial charge on any atom is -0.486 e. The molecule has 1 atom stereocenters. The van der Waals surface area contributed by atoms with Gasteiger partial charge < -0.3 is 19.1 Å². The molecule has 21 heavy (non-hydrogen) atoms. The highest BCUT2D eigenvalue weighted by Crippen LogP contribution is 2.38. The van der Waals surface area contributed by atoms with E-state index in [1.54, 1.807) is 0 Å². The molecule has 114 valence electrons. The van der Waals surface area contributed by atoms with E-state index < -0.39 is 0 Å². The summed E-state index contributed by atoms with van der Waals surface area (Å²) in [6.07, 6.45) is 2.01. The second kappa shape index (κ2) is 6.35. The van der Waals surface area contributed by atoms with Crippen LogP contribution in [0.4, 0.5) is 0 Å². The van der Waals surface area contributed by atoms with Gasteiger partial charge in [-0.3, -0.25) is 4.79 Å². The monoisotopic (exact) mass is 291 g/mol. The lowest BCUT2D eigenvalue weighted by Gasteiger charge is -2.26. The number of hydrogen-bond donors (Lipinski definition) is 0. The van der Waals surface area contributed by atoms with Crippen molar-refractivity contribution in [3.8, 4) is 11.5 Å². The molecule has 0 N–H and O–H groups in total. The number of ether oxygens (including phenoxy) is 3. The number of nitrogens with zero attached hydrogens (tertiary/aromatic N) is 1. The zero-order chi connectivity index (χ0) is 14.7. The van der Waals surface area contributed by atoms with E-state index in [4.69, 9.17) is 14.2 Å². The summed E-state index contributed by atoms with van der Waals surface area (Å²) in [5.41, 5.74) is 1.11. The predicted octanol–water partition coefficient (Wildman–Crippen LogP) is 2.16. The molecule has 1 saturated heterocycles. The van der Waals surface area contributed by atoms with Gasteiger partial charge in [-0.25, -0.2) is 0 Å². The molecule has 2 aliphatic rings. The summed E-state index contributed by atoms with van der Waals surface area (Å²) in [6, 6.07) is 6.09. The van der Waals surface area contributed by atoms with Crippen molar-refractivity contribution in [1.29, 1.82) is 0 Å². The number of likely N-dealkylation sites (tertiary alicyclic amines) is 1. The molecule has 3 rings (SSSR count).